The van der Waals surface area contributed by atoms with E-state index in [0.29, 0.717) is 22.6 Å². The van der Waals surface area contributed by atoms with Crippen LogP contribution in [0.25, 0.3) is 5.69 Å². The Kier molecular flexibility index (Phi) is 3.90. The number of nitrogens with one attached hydrogen (secondary N) is 2. The van der Waals surface area contributed by atoms with Gasteiger partial charge >= 0.3 is 0 Å². The van der Waals surface area contributed by atoms with Gasteiger partial charge in [-0.25, -0.2) is 4.68 Å². The topological polar surface area (TPSA) is 59.0 Å². The Labute approximate surface area is 162 Å². The highest BCUT2D eigenvalue weighted by Gasteiger charge is 2.44. The van der Waals surface area contributed by atoms with Crippen molar-refractivity contribution < 1.29 is 4.79 Å². The standard InChI is InChI=1S/C21H19ClN4O/c22-15-8-10-17(11-9-15)26-20-14-7-6-13(12-14)18(20)19(25-26)21(27)24-23-16-4-2-1-3-5-16/h1-5,8-11,13-14,23H,6-7,12H2,(H,24,27)/t13-,14-/m0/s1. The molecule has 27 heavy (non-hydrogen) atoms. The summed E-state index contributed by atoms with van der Waals surface area (Å²) in [6.07, 6.45) is 3.42. The smallest absolute Gasteiger partial charge is 0.290 e. The average molecular weight is 379 g/mol. The molecule has 2 N–H and O–H groups in total. The molecule has 1 heterocycles. The molecule has 0 saturated heterocycles. The van der Waals surface area contributed by atoms with Gasteiger partial charge in [0.25, 0.3) is 5.91 Å². The lowest BCUT2D eigenvalue weighted by molar-refractivity contribution is 0.0956. The number of rotatable bonds is 4. The molecule has 5 rings (SSSR count). The number of halogens is 1. The molecule has 1 amide bonds. The summed E-state index contributed by atoms with van der Waals surface area (Å²) in [6, 6.07) is 17.2. The molecule has 2 bridgehead atoms. The van der Waals surface area contributed by atoms with Gasteiger partial charge in [0.05, 0.1) is 17.1 Å². The fraction of sp³-hybridized carbons (Fsp3) is 0.238. The minimum atomic E-state index is -0.199. The number of hydrazine groups is 1. The van der Waals surface area contributed by atoms with Crippen molar-refractivity contribution >= 4 is 23.2 Å². The molecule has 136 valence electrons. The number of para-hydroxylation sites is 1. The molecule has 3 aromatic rings. The van der Waals surface area contributed by atoms with Crippen molar-refractivity contribution in [2.45, 2.75) is 31.1 Å². The Morgan fingerprint density at radius 1 is 1.04 bits per heavy atom. The lowest BCUT2D eigenvalue weighted by atomic mass is 9.95. The number of carbonyl (C=O) groups is 1. The maximum absolute atomic E-state index is 12.9. The predicted molar refractivity (Wildman–Crippen MR) is 105 cm³/mol. The van der Waals surface area contributed by atoms with Gasteiger partial charge in [-0.15, -0.1) is 0 Å². The van der Waals surface area contributed by atoms with Crippen molar-refractivity contribution in [3.8, 4) is 5.69 Å². The lowest BCUT2D eigenvalue weighted by Gasteiger charge is -2.14. The normalized spacial score (nSPS) is 19.7. The SMILES string of the molecule is O=C(NNc1ccccc1)c1nn(-c2ccc(Cl)cc2)c2c1[C@H]1CC[C@H]2C1. The number of aromatic nitrogens is 2. The highest BCUT2D eigenvalue weighted by molar-refractivity contribution is 6.30. The van der Waals surface area contributed by atoms with Crippen molar-refractivity contribution in [2.75, 3.05) is 5.43 Å². The first-order valence-corrected chi connectivity index (χ1v) is 9.58. The predicted octanol–water partition coefficient (Wildman–Crippen LogP) is 4.65. The van der Waals surface area contributed by atoms with E-state index in [2.05, 4.69) is 10.9 Å². The van der Waals surface area contributed by atoms with Gasteiger partial charge in [0.1, 0.15) is 0 Å². The molecule has 1 fully saturated rings. The Bertz CT molecular complexity index is 997. The van der Waals surface area contributed by atoms with Crippen LogP contribution in [0.1, 0.15) is 52.8 Å². The fourth-order valence-electron chi connectivity index (χ4n) is 4.39. The van der Waals surface area contributed by atoms with E-state index < -0.39 is 0 Å². The Balaban J connectivity index is 1.50. The lowest BCUT2D eigenvalue weighted by Crippen LogP contribution is -2.30. The molecule has 2 atom stereocenters. The van der Waals surface area contributed by atoms with Crippen LogP contribution in [-0.2, 0) is 0 Å². The van der Waals surface area contributed by atoms with Crippen LogP contribution in [0.3, 0.4) is 0 Å². The van der Waals surface area contributed by atoms with Crippen molar-refractivity contribution in [3.63, 3.8) is 0 Å². The van der Waals surface area contributed by atoms with Crippen molar-refractivity contribution in [1.82, 2.24) is 15.2 Å². The highest BCUT2D eigenvalue weighted by Crippen LogP contribution is 2.54. The zero-order valence-corrected chi connectivity index (χ0v) is 15.4. The van der Waals surface area contributed by atoms with Crippen LogP contribution in [-0.4, -0.2) is 15.7 Å². The maximum Gasteiger partial charge on any atom is 0.290 e. The molecule has 0 unspecified atom stereocenters. The summed E-state index contributed by atoms with van der Waals surface area (Å²) in [7, 11) is 0. The highest BCUT2D eigenvalue weighted by atomic mass is 35.5. The molecule has 6 heteroatoms. The van der Waals surface area contributed by atoms with E-state index in [1.54, 1.807) is 0 Å². The van der Waals surface area contributed by atoms with Crippen LogP contribution in [0.5, 0.6) is 0 Å². The first-order valence-electron chi connectivity index (χ1n) is 9.21. The number of carbonyl (C=O) groups excluding carboxylic acids is 1. The van der Waals surface area contributed by atoms with Crippen molar-refractivity contribution in [3.05, 3.63) is 76.6 Å². The van der Waals surface area contributed by atoms with E-state index in [-0.39, 0.29) is 5.91 Å². The number of amides is 1. The first-order chi connectivity index (χ1) is 13.2. The molecule has 0 aliphatic heterocycles. The van der Waals surface area contributed by atoms with Crippen LogP contribution in [0, 0.1) is 0 Å². The summed E-state index contributed by atoms with van der Waals surface area (Å²) in [6.45, 7) is 0. The van der Waals surface area contributed by atoms with Gasteiger partial charge in [-0.3, -0.25) is 15.6 Å². The van der Waals surface area contributed by atoms with E-state index in [1.165, 1.54) is 12.1 Å². The quantitative estimate of drug-likeness (QED) is 0.650. The molecule has 2 aliphatic carbocycles. The molecule has 1 saturated carbocycles. The number of fused-ring (bicyclic) bond motifs is 5. The van der Waals surface area contributed by atoms with Gasteiger partial charge in [-0.1, -0.05) is 29.8 Å². The zero-order chi connectivity index (χ0) is 18.4. The third-order valence-corrected chi connectivity index (χ3v) is 5.82. The molecule has 0 spiro atoms. The number of benzene rings is 2. The number of anilines is 1. The monoisotopic (exact) mass is 378 g/mol. The van der Waals surface area contributed by atoms with Gasteiger partial charge in [-0.2, -0.15) is 5.10 Å². The summed E-state index contributed by atoms with van der Waals surface area (Å²) in [4.78, 5) is 12.9. The van der Waals surface area contributed by atoms with Gasteiger partial charge in [-0.05, 0) is 61.6 Å². The van der Waals surface area contributed by atoms with Crippen molar-refractivity contribution in [1.29, 1.82) is 0 Å². The third-order valence-electron chi connectivity index (χ3n) is 5.57. The van der Waals surface area contributed by atoms with E-state index >= 15 is 0 Å². The van der Waals surface area contributed by atoms with Crippen molar-refractivity contribution in [2.24, 2.45) is 0 Å². The summed E-state index contributed by atoms with van der Waals surface area (Å²) >= 11 is 6.03. The summed E-state index contributed by atoms with van der Waals surface area (Å²) in [5, 5.41) is 5.40. The largest absolute Gasteiger partial charge is 0.298 e. The second kappa shape index (κ2) is 6.43. The first kappa shape index (κ1) is 16.4. The zero-order valence-electron chi connectivity index (χ0n) is 14.7. The Morgan fingerprint density at radius 2 is 1.78 bits per heavy atom. The van der Waals surface area contributed by atoms with E-state index in [1.807, 2.05) is 59.3 Å². The molecular formula is C21H19ClN4O. The van der Waals surface area contributed by atoms with Gasteiger partial charge in [0.15, 0.2) is 5.69 Å². The number of hydrogen-bond donors (Lipinski definition) is 2. The third kappa shape index (κ3) is 2.79. The average Bonchev–Trinajstić information content (AvgIpc) is 3.40. The molecule has 0 radical (unpaired) electrons. The maximum atomic E-state index is 12.9. The minimum Gasteiger partial charge on any atom is -0.298 e. The van der Waals surface area contributed by atoms with Crippen LogP contribution in [0.2, 0.25) is 5.02 Å². The van der Waals surface area contributed by atoms with E-state index in [4.69, 9.17) is 16.7 Å². The van der Waals surface area contributed by atoms with Crippen LogP contribution in [0.4, 0.5) is 5.69 Å². The van der Waals surface area contributed by atoms with Gasteiger partial charge in [0, 0.05) is 16.5 Å². The Hall–Kier alpha value is -2.79. The summed E-state index contributed by atoms with van der Waals surface area (Å²) in [5.74, 6) is 0.718. The van der Waals surface area contributed by atoms with E-state index in [0.717, 1.165) is 29.8 Å². The van der Waals surface area contributed by atoms with Crippen LogP contribution >= 0.6 is 11.6 Å². The van der Waals surface area contributed by atoms with Crippen LogP contribution in [0.15, 0.2) is 54.6 Å². The summed E-state index contributed by atoms with van der Waals surface area (Å²) in [5.41, 5.74) is 10.4. The van der Waals surface area contributed by atoms with Gasteiger partial charge < -0.3 is 0 Å². The second-order valence-corrected chi connectivity index (χ2v) is 7.62. The van der Waals surface area contributed by atoms with Gasteiger partial charge in [0.2, 0.25) is 0 Å². The summed E-state index contributed by atoms with van der Waals surface area (Å²) < 4.78 is 1.94. The number of hydrogen-bond acceptors (Lipinski definition) is 3. The molecule has 5 nitrogen and oxygen atoms in total. The molecule has 2 aromatic carbocycles. The van der Waals surface area contributed by atoms with E-state index in [9.17, 15) is 4.79 Å². The van der Waals surface area contributed by atoms with Crippen LogP contribution < -0.4 is 10.9 Å². The molecule has 1 aromatic heterocycles. The fourth-order valence-corrected chi connectivity index (χ4v) is 4.51. The molecular weight excluding hydrogens is 360 g/mol. The minimum absolute atomic E-state index is 0.199. The Morgan fingerprint density at radius 3 is 2.56 bits per heavy atom. The second-order valence-electron chi connectivity index (χ2n) is 7.19. The molecule has 2 aliphatic rings. The number of nitrogens with zero attached hydrogens (tertiary/aromatic N) is 2.